The summed E-state index contributed by atoms with van der Waals surface area (Å²) in [5, 5.41) is 5.24. The monoisotopic (exact) mass is 435 g/mol. The Morgan fingerprint density at radius 2 is 1.77 bits per heavy atom. The Bertz CT molecular complexity index is 1190. The van der Waals surface area contributed by atoms with Gasteiger partial charge < -0.3 is 9.32 Å². The van der Waals surface area contributed by atoms with E-state index in [1.807, 2.05) is 31.2 Å². The molecule has 0 radical (unpaired) electrons. The zero-order valence-corrected chi connectivity index (χ0v) is 18.6. The van der Waals surface area contributed by atoms with E-state index in [9.17, 15) is 0 Å². The molecule has 6 nitrogen and oxygen atoms in total. The van der Waals surface area contributed by atoms with Crippen molar-refractivity contribution in [2.45, 2.75) is 32.9 Å². The molecule has 0 unspecified atom stereocenters. The van der Waals surface area contributed by atoms with Crippen LogP contribution in [0.4, 0.5) is 5.69 Å². The van der Waals surface area contributed by atoms with E-state index in [1.165, 1.54) is 37.2 Å². The molecule has 0 N–H and O–H groups in total. The Morgan fingerprint density at radius 1 is 1.03 bits per heavy atom. The highest BCUT2D eigenvalue weighted by molar-refractivity contribution is 6.33. The highest BCUT2D eigenvalue weighted by atomic mass is 35.5. The van der Waals surface area contributed by atoms with Gasteiger partial charge in [0.1, 0.15) is 5.76 Å². The Kier molecular flexibility index (Phi) is 5.42. The van der Waals surface area contributed by atoms with E-state index in [1.54, 1.807) is 4.52 Å². The summed E-state index contributed by atoms with van der Waals surface area (Å²) in [5.74, 6) is 1.94. The third-order valence-electron chi connectivity index (χ3n) is 5.90. The number of aromatic nitrogens is 3. The van der Waals surface area contributed by atoms with Crippen LogP contribution in [0, 0.1) is 6.92 Å². The molecule has 1 saturated heterocycles. The van der Waals surface area contributed by atoms with E-state index in [-0.39, 0.29) is 0 Å². The van der Waals surface area contributed by atoms with Crippen molar-refractivity contribution in [3.8, 4) is 11.4 Å². The van der Waals surface area contributed by atoms with Crippen LogP contribution in [0.1, 0.15) is 29.9 Å². The van der Waals surface area contributed by atoms with Gasteiger partial charge in [0.25, 0.3) is 0 Å². The molecule has 1 fully saturated rings. The predicted octanol–water partition coefficient (Wildman–Crippen LogP) is 5.18. The normalized spacial score (nSPS) is 14.3. The zero-order valence-electron chi connectivity index (χ0n) is 17.9. The summed E-state index contributed by atoms with van der Waals surface area (Å²) in [7, 11) is 2.10. The summed E-state index contributed by atoms with van der Waals surface area (Å²) >= 11 is 6.29. The minimum atomic E-state index is 0.491. The highest BCUT2D eigenvalue weighted by Crippen LogP contribution is 2.27. The second-order valence-corrected chi connectivity index (χ2v) is 8.66. The zero-order chi connectivity index (χ0) is 21.4. The first-order chi connectivity index (χ1) is 15.1. The molecular formula is C24H26ClN5O. The molecule has 2 aromatic heterocycles. The third kappa shape index (κ3) is 4.05. The van der Waals surface area contributed by atoms with Crippen molar-refractivity contribution in [3.63, 3.8) is 0 Å². The lowest BCUT2D eigenvalue weighted by molar-refractivity contribution is 0.290. The van der Waals surface area contributed by atoms with E-state index in [0.717, 1.165) is 23.6 Å². The second-order valence-electron chi connectivity index (χ2n) is 8.25. The van der Waals surface area contributed by atoms with Crippen LogP contribution in [-0.2, 0) is 13.1 Å². The van der Waals surface area contributed by atoms with Crippen molar-refractivity contribution in [3.05, 3.63) is 70.6 Å². The molecule has 3 heterocycles. The molecule has 5 rings (SSSR count). The van der Waals surface area contributed by atoms with Crippen LogP contribution in [0.3, 0.4) is 0 Å². The molecule has 7 heteroatoms. The van der Waals surface area contributed by atoms with Gasteiger partial charge in [0.05, 0.1) is 17.3 Å². The number of oxazole rings is 1. The smallest absolute Gasteiger partial charge is 0.325 e. The summed E-state index contributed by atoms with van der Waals surface area (Å²) in [4.78, 5) is 9.24. The van der Waals surface area contributed by atoms with Crippen LogP contribution in [-0.4, -0.2) is 39.6 Å². The summed E-state index contributed by atoms with van der Waals surface area (Å²) in [6.45, 7) is 5.89. The van der Waals surface area contributed by atoms with Crippen LogP contribution in [0.2, 0.25) is 5.02 Å². The van der Waals surface area contributed by atoms with Crippen molar-refractivity contribution in [1.29, 1.82) is 0 Å². The lowest BCUT2D eigenvalue weighted by atomic mass is 10.2. The van der Waals surface area contributed by atoms with Gasteiger partial charge in [-0.2, -0.15) is 9.50 Å². The topological polar surface area (TPSA) is 49.8 Å². The Balaban J connectivity index is 1.28. The molecule has 31 heavy (non-hydrogen) atoms. The van der Waals surface area contributed by atoms with Crippen LogP contribution in [0.15, 0.2) is 52.9 Å². The van der Waals surface area contributed by atoms with Gasteiger partial charge in [-0.1, -0.05) is 35.9 Å². The molecule has 0 saturated carbocycles. The van der Waals surface area contributed by atoms with Crippen molar-refractivity contribution < 1.29 is 4.42 Å². The van der Waals surface area contributed by atoms with E-state index < -0.39 is 0 Å². The average Bonchev–Trinajstić information content (AvgIpc) is 3.49. The predicted molar refractivity (Wildman–Crippen MR) is 123 cm³/mol. The Morgan fingerprint density at radius 3 is 2.48 bits per heavy atom. The van der Waals surface area contributed by atoms with Crippen LogP contribution >= 0.6 is 11.6 Å². The van der Waals surface area contributed by atoms with E-state index in [0.29, 0.717) is 23.2 Å². The molecule has 1 aliphatic heterocycles. The van der Waals surface area contributed by atoms with Crippen LogP contribution in [0.5, 0.6) is 0 Å². The number of nitrogens with zero attached hydrogens (tertiary/aromatic N) is 5. The Labute approximate surface area is 187 Å². The molecule has 2 aromatic carbocycles. The van der Waals surface area contributed by atoms with Gasteiger partial charge in [0, 0.05) is 30.9 Å². The molecule has 0 bridgehead atoms. The number of hydrogen-bond acceptors (Lipinski definition) is 5. The number of benzene rings is 2. The van der Waals surface area contributed by atoms with Gasteiger partial charge in [-0.05, 0) is 56.6 Å². The van der Waals surface area contributed by atoms with Crippen molar-refractivity contribution in [2.24, 2.45) is 0 Å². The first-order valence-electron chi connectivity index (χ1n) is 10.7. The fraction of sp³-hybridized carbons (Fsp3) is 0.333. The lowest BCUT2D eigenvalue weighted by Gasteiger charge is -2.19. The number of rotatable bonds is 6. The molecule has 0 amide bonds. The van der Waals surface area contributed by atoms with Gasteiger partial charge in [-0.15, -0.1) is 5.10 Å². The maximum atomic E-state index is 6.29. The maximum absolute atomic E-state index is 6.29. The molecule has 4 aromatic rings. The van der Waals surface area contributed by atoms with Crippen molar-refractivity contribution in [2.75, 3.05) is 25.0 Å². The van der Waals surface area contributed by atoms with E-state index in [2.05, 4.69) is 51.2 Å². The second kappa shape index (κ2) is 8.36. The number of fused-ring (bicyclic) bond motifs is 1. The van der Waals surface area contributed by atoms with Crippen LogP contribution in [0.25, 0.3) is 17.2 Å². The van der Waals surface area contributed by atoms with Gasteiger partial charge in [-0.3, -0.25) is 4.90 Å². The SMILES string of the molecule is Cc1c(CN(C)Cc2ccc(N3CCCC3)cc2)oc2nc(-c3ccccc3Cl)nn12. The fourth-order valence-electron chi connectivity index (χ4n) is 4.19. The average molecular weight is 436 g/mol. The van der Waals surface area contributed by atoms with Gasteiger partial charge >= 0.3 is 5.84 Å². The third-order valence-corrected chi connectivity index (χ3v) is 6.23. The highest BCUT2D eigenvalue weighted by Gasteiger charge is 2.18. The minimum Gasteiger partial charge on any atom is -0.425 e. The number of hydrogen-bond donors (Lipinski definition) is 0. The maximum Gasteiger partial charge on any atom is 0.325 e. The molecule has 0 atom stereocenters. The first-order valence-corrected chi connectivity index (χ1v) is 11.1. The van der Waals surface area contributed by atoms with E-state index >= 15 is 0 Å². The number of anilines is 1. The summed E-state index contributed by atoms with van der Waals surface area (Å²) in [6, 6.07) is 16.5. The minimum absolute atomic E-state index is 0.491. The number of aryl methyl sites for hydroxylation is 1. The fourth-order valence-corrected chi connectivity index (χ4v) is 4.41. The van der Waals surface area contributed by atoms with Crippen LogP contribution < -0.4 is 4.90 Å². The largest absolute Gasteiger partial charge is 0.425 e. The quantitative estimate of drug-likeness (QED) is 0.417. The standard InChI is InChI=1S/C24H26ClN5O/c1-17-22(31-24-26-23(27-30(17)24)20-7-3-4-8-21(20)25)16-28(2)15-18-9-11-19(12-10-18)29-13-5-6-14-29/h3-4,7-12H,5-6,13-16H2,1-2H3. The molecular weight excluding hydrogens is 410 g/mol. The van der Waals surface area contributed by atoms with Gasteiger partial charge in [0.15, 0.2) is 5.82 Å². The first kappa shape index (κ1) is 20.1. The molecule has 0 spiro atoms. The van der Waals surface area contributed by atoms with Crippen molar-refractivity contribution >= 4 is 23.1 Å². The van der Waals surface area contributed by atoms with Gasteiger partial charge in [0.2, 0.25) is 0 Å². The summed E-state index contributed by atoms with van der Waals surface area (Å²) < 4.78 is 7.79. The van der Waals surface area contributed by atoms with Crippen molar-refractivity contribution in [1.82, 2.24) is 19.5 Å². The summed E-state index contributed by atoms with van der Waals surface area (Å²) in [5.41, 5.74) is 4.38. The molecule has 160 valence electrons. The molecule has 1 aliphatic rings. The number of halogens is 1. The molecule has 0 aliphatic carbocycles. The van der Waals surface area contributed by atoms with Gasteiger partial charge in [-0.25, -0.2) is 0 Å². The lowest BCUT2D eigenvalue weighted by Crippen LogP contribution is -2.19. The van der Waals surface area contributed by atoms with E-state index in [4.69, 9.17) is 16.0 Å². The summed E-state index contributed by atoms with van der Waals surface area (Å²) in [6.07, 6.45) is 2.59. The Hall–Kier alpha value is -2.83.